The summed E-state index contributed by atoms with van der Waals surface area (Å²) in [6, 6.07) is 0. The Bertz CT molecular complexity index is 85.0. The predicted molar refractivity (Wildman–Crippen MR) is 33.4 cm³/mol. The molecule has 0 saturated heterocycles. The Labute approximate surface area is 54.3 Å². The van der Waals surface area contributed by atoms with Crippen molar-refractivity contribution in [3.8, 4) is 0 Å². The molecule has 0 spiro atoms. The molecule has 0 aromatic rings. The molecule has 4 nitrogen and oxygen atoms in total. The van der Waals surface area contributed by atoms with Gasteiger partial charge >= 0.3 is 5.97 Å². The summed E-state index contributed by atoms with van der Waals surface area (Å²) in [4.78, 5) is 14.9. The van der Waals surface area contributed by atoms with E-state index in [0.717, 1.165) is 0 Å². The second kappa shape index (κ2) is 5.53. The van der Waals surface area contributed by atoms with Crippen molar-refractivity contribution in [1.82, 2.24) is 5.48 Å². The monoisotopic (exact) mass is 132 g/mol. The first kappa shape index (κ1) is 8.39. The van der Waals surface area contributed by atoms with Gasteiger partial charge in [-0.2, -0.15) is 5.48 Å². The van der Waals surface area contributed by atoms with Crippen LogP contribution in [0.3, 0.4) is 0 Å². The highest BCUT2D eigenvalue weighted by atomic mass is 16.7. The van der Waals surface area contributed by atoms with Crippen LogP contribution in [-0.2, 0) is 9.63 Å². The van der Waals surface area contributed by atoms with Crippen molar-refractivity contribution in [1.29, 1.82) is 0 Å². The normalized spacial score (nSPS) is 9.11. The Morgan fingerprint density at radius 3 is 2.89 bits per heavy atom. The Hall–Kier alpha value is -0.610. The summed E-state index contributed by atoms with van der Waals surface area (Å²) in [6.07, 6.45) is 0.271. The Morgan fingerprint density at radius 1 is 1.78 bits per heavy atom. The maximum atomic E-state index is 10.4. The van der Waals surface area contributed by atoms with Crippen LogP contribution < -0.4 is 11.2 Å². The number of rotatable bonds is 4. The Kier molecular flexibility index (Phi) is 5.15. The van der Waals surface area contributed by atoms with E-state index in [1.807, 2.05) is 6.92 Å². The molecular weight excluding hydrogens is 120 g/mol. The van der Waals surface area contributed by atoms with Gasteiger partial charge in [0.25, 0.3) is 0 Å². The molecule has 0 atom stereocenters. The van der Waals surface area contributed by atoms with Crippen LogP contribution in [0.5, 0.6) is 0 Å². The lowest BCUT2D eigenvalue weighted by Gasteiger charge is -1.99. The molecule has 0 heterocycles. The van der Waals surface area contributed by atoms with Gasteiger partial charge in [-0.15, -0.1) is 0 Å². The summed E-state index contributed by atoms with van der Waals surface area (Å²) >= 11 is 0. The van der Waals surface area contributed by atoms with Gasteiger partial charge < -0.3 is 10.6 Å². The van der Waals surface area contributed by atoms with Crippen LogP contribution in [0.1, 0.15) is 13.3 Å². The van der Waals surface area contributed by atoms with E-state index >= 15 is 0 Å². The van der Waals surface area contributed by atoms with E-state index in [9.17, 15) is 4.79 Å². The number of hydrogen-bond acceptors (Lipinski definition) is 4. The van der Waals surface area contributed by atoms with Crippen LogP contribution in [0.2, 0.25) is 0 Å². The highest BCUT2D eigenvalue weighted by Gasteiger charge is 1.97. The third kappa shape index (κ3) is 5.26. The first-order valence-electron chi connectivity index (χ1n) is 2.93. The molecule has 0 aliphatic carbocycles. The minimum atomic E-state index is -0.306. The molecule has 3 N–H and O–H groups in total. The van der Waals surface area contributed by atoms with Gasteiger partial charge in [-0.25, -0.2) is 0 Å². The number of nitrogens with one attached hydrogen (secondary N) is 1. The van der Waals surface area contributed by atoms with E-state index < -0.39 is 0 Å². The molecule has 0 aromatic carbocycles. The molecule has 0 saturated carbocycles. The highest BCUT2D eigenvalue weighted by molar-refractivity contribution is 5.69. The molecule has 0 bridgehead atoms. The smallest absolute Gasteiger partial charge is 0.326 e. The van der Waals surface area contributed by atoms with E-state index in [0.29, 0.717) is 13.1 Å². The van der Waals surface area contributed by atoms with Crippen molar-refractivity contribution in [2.24, 2.45) is 5.73 Å². The Balaban J connectivity index is 3.06. The zero-order valence-electron chi connectivity index (χ0n) is 5.52. The molecule has 9 heavy (non-hydrogen) atoms. The predicted octanol–water partition coefficient (Wildman–Crippen LogP) is -0.597. The number of carbonyl (C=O) groups is 1. The lowest BCUT2D eigenvalue weighted by atomic mass is 10.4. The van der Waals surface area contributed by atoms with Crippen LogP contribution in [0, 0.1) is 0 Å². The minimum absolute atomic E-state index is 0.271. The number of hydrogen-bond donors (Lipinski definition) is 2. The largest absolute Gasteiger partial charge is 0.371 e. The first-order chi connectivity index (χ1) is 4.31. The van der Waals surface area contributed by atoms with Crippen LogP contribution in [0.25, 0.3) is 0 Å². The van der Waals surface area contributed by atoms with E-state index in [1.165, 1.54) is 0 Å². The topological polar surface area (TPSA) is 64.3 Å². The SMILES string of the molecule is CCNOC(=O)CCN. The summed E-state index contributed by atoms with van der Waals surface area (Å²) < 4.78 is 0. The minimum Gasteiger partial charge on any atom is -0.371 e. The van der Waals surface area contributed by atoms with Gasteiger partial charge in [-0.1, -0.05) is 0 Å². The van der Waals surface area contributed by atoms with Gasteiger partial charge in [0.2, 0.25) is 0 Å². The molecule has 0 aliphatic heterocycles. The quantitative estimate of drug-likeness (QED) is 0.501. The van der Waals surface area contributed by atoms with Crippen molar-refractivity contribution in [2.45, 2.75) is 13.3 Å². The molecule has 0 rings (SSSR count). The average molecular weight is 132 g/mol. The average Bonchev–Trinajstić information content (AvgIpc) is 1.85. The second-order valence-electron chi connectivity index (χ2n) is 1.51. The lowest BCUT2D eigenvalue weighted by molar-refractivity contribution is -0.150. The molecule has 0 amide bonds. The van der Waals surface area contributed by atoms with E-state index in [2.05, 4.69) is 10.3 Å². The van der Waals surface area contributed by atoms with Crippen LogP contribution >= 0.6 is 0 Å². The molecule has 0 aromatic heterocycles. The summed E-state index contributed by atoms with van der Waals surface area (Å²) in [6.45, 7) is 2.80. The second-order valence-corrected chi connectivity index (χ2v) is 1.51. The molecule has 0 fully saturated rings. The number of nitrogens with two attached hydrogens (primary N) is 1. The number of carbonyl (C=O) groups excluding carboxylic acids is 1. The summed E-state index contributed by atoms with van der Waals surface area (Å²) in [5.41, 5.74) is 7.50. The maximum Gasteiger partial charge on any atom is 0.326 e. The van der Waals surface area contributed by atoms with Crippen LogP contribution in [0.4, 0.5) is 0 Å². The third-order valence-corrected chi connectivity index (χ3v) is 0.679. The molecule has 54 valence electrons. The van der Waals surface area contributed by atoms with Crippen molar-refractivity contribution in [2.75, 3.05) is 13.1 Å². The van der Waals surface area contributed by atoms with Gasteiger partial charge in [0.15, 0.2) is 0 Å². The van der Waals surface area contributed by atoms with Gasteiger partial charge in [0, 0.05) is 13.1 Å². The van der Waals surface area contributed by atoms with Crippen molar-refractivity contribution in [3.63, 3.8) is 0 Å². The molecule has 0 aliphatic rings. The summed E-state index contributed by atoms with van der Waals surface area (Å²) in [5.74, 6) is -0.306. The maximum absolute atomic E-state index is 10.4. The molecule has 0 unspecified atom stereocenters. The van der Waals surface area contributed by atoms with Crippen LogP contribution in [0.15, 0.2) is 0 Å². The summed E-state index contributed by atoms with van der Waals surface area (Å²) in [5, 5.41) is 0. The zero-order valence-corrected chi connectivity index (χ0v) is 5.52. The third-order valence-electron chi connectivity index (χ3n) is 0.679. The lowest BCUT2D eigenvalue weighted by Crippen LogP contribution is -2.21. The van der Waals surface area contributed by atoms with Crippen LogP contribution in [-0.4, -0.2) is 19.1 Å². The van der Waals surface area contributed by atoms with Gasteiger partial charge in [0.05, 0.1) is 6.42 Å². The fourth-order valence-electron chi connectivity index (χ4n) is 0.322. The standard InChI is InChI=1S/C5H12N2O2/c1-2-7-9-5(8)3-4-6/h7H,2-4,6H2,1H3. The molecule has 0 radical (unpaired) electrons. The Morgan fingerprint density at radius 2 is 2.44 bits per heavy atom. The van der Waals surface area contributed by atoms with E-state index in [-0.39, 0.29) is 12.4 Å². The van der Waals surface area contributed by atoms with Gasteiger partial charge in [-0.05, 0) is 6.92 Å². The summed E-state index contributed by atoms with van der Waals surface area (Å²) in [7, 11) is 0. The van der Waals surface area contributed by atoms with Gasteiger partial charge in [-0.3, -0.25) is 4.79 Å². The van der Waals surface area contributed by atoms with Crippen molar-refractivity contribution >= 4 is 5.97 Å². The fraction of sp³-hybridized carbons (Fsp3) is 0.800. The molecule has 4 heteroatoms. The zero-order chi connectivity index (χ0) is 7.11. The fourth-order valence-corrected chi connectivity index (χ4v) is 0.322. The van der Waals surface area contributed by atoms with E-state index in [1.54, 1.807) is 0 Å². The highest BCUT2D eigenvalue weighted by Crippen LogP contribution is 1.77. The van der Waals surface area contributed by atoms with Crippen molar-refractivity contribution in [3.05, 3.63) is 0 Å². The van der Waals surface area contributed by atoms with Gasteiger partial charge in [0.1, 0.15) is 0 Å². The number of hydroxylamine groups is 1. The van der Waals surface area contributed by atoms with Crippen molar-refractivity contribution < 1.29 is 9.63 Å². The molecular formula is C5H12N2O2. The first-order valence-corrected chi connectivity index (χ1v) is 2.93. The van der Waals surface area contributed by atoms with E-state index in [4.69, 9.17) is 5.73 Å².